The van der Waals surface area contributed by atoms with Crippen LogP contribution in [0, 0.1) is 11.7 Å². The van der Waals surface area contributed by atoms with Gasteiger partial charge in [0.15, 0.2) is 0 Å². The van der Waals surface area contributed by atoms with Gasteiger partial charge in [-0.25, -0.2) is 9.37 Å². The molecule has 0 aliphatic carbocycles. The van der Waals surface area contributed by atoms with Gasteiger partial charge in [0.25, 0.3) is 0 Å². The molecule has 0 saturated carbocycles. The summed E-state index contributed by atoms with van der Waals surface area (Å²) in [6.07, 6.45) is 5.60. The maximum Gasteiger partial charge on any atom is 0.148 e. The number of imidazole rings is 1. The number of nitrogens with zero attached hydrogens (tertiary/aromatic N) is 2. The highest BCUT2D eigenvalue weighted by Crippen LogP contribution is 2.17. The second kappa shape index (κ2) is 3.87. The van der Waals surface area contributed by atoms with E-state index in [-0.39, 0.29) is 5.82 Å². The third kappa shape index (κ3) is 1.59. The van der Waals surface area contributed by atoms with Gasteiger partial charge in [-0.3, -0.25) is 0 Å². The van der Waals surface area contributed by atoms with E-state index in [0.29, 0.717) is 11.4 Å². The molecule has 2 aromatic rings. The Kier molecular flexibility index (Phi) is 2.36. The van der Waals surface area contributed by atoms with Crippen molar-refractivity contribution in [3.8, 4) is 0 Å². The molecule has 16 heavy (non-hydrogen) atoms. The van der Waals surface area contributed by atoms with Crippen LogP contribution < -0.4 is 5.32 Å². The van der Waals surface area contributed by atoms with Crippen molar-refractivity contribution in [3.63, 3.8) is 0 Å². The molecule has 84 valence electrons. The molecule has 4 heteroatoms. The first-order chi connectivity index (χ1) is 7.84. The average molecular weight is 219 g/mol. The van der Waals surface area contributed by atoms with E-state index < -0.39 is 0 Å². The van der Waals surface area contributed by atoms with Crippen molar-refractivity contribution < 1.29 is 4.39 Å². The van der Waals surface area contributed by atoms with Crippen LogP contribution in [0.15, 0.2) is 24.5 Å². The normalized spacial score (nSPS) is 20.7. The lowest BCUT2D eigenvalue weighted by molar-refractivity contribution is 0.559. The molecule has 3 rings (SSSR count). The monoisotopic (exact) mass is 219 g/mol. The molecule has 0 spiro atoms. The zero-order valence-electron chi connectivity index (χ0n) is 8.99. The van der Waals surface area contributed by atoms with Crippen molar-refractivity contribution in [2.75, 3.05) is 13.1 Å². The molecule has 1 aliphatic heterocycles. The van der Waals surface area contributed by atoms with Gasteiger partial charge < -0.3 is 9.72 Å². The van der Waals surface area contributed by atoms with Crippen LogP contribution in [0.2, 0.25) is 0 Å². The minimum atomic E-state index is -0.203. The Morgan fingerprint density at radius 1 is 1.56 bits per heavy atom. The van der Waals surface area contributed by atoms with Gasteiger partial charge in [-0.1, -0.05) is 0 Å². The summed E-state index contributed by atoms with van der Waals surface area (Å²) in [5.74, 6) is 1.39. The first-order valence-electron chi connectivity index (χ1n) is 5.66. The number of fused-ring (bicyclic) bond motifs is 1. The summed E-state index contributed by atoms with van der Waals surface area (Å²) < 4.78 is 15.3. The molecule has 1 saturated heterocycles. The lowest BCUT2D eigenvalue weighted by Crippen LogP contribution is -2.12. The third-order valence-corrected chi connectivity index (χ3v) is 3.23. The molecule has 1 aliphatic rings. The zero-order valence-corrected chi connectivity index (χ0v) is 8.99. The number of hydrogen-bond acceptors (Lipinski definition) is 2. The highest BCUT2D eigenvalue weighted by Gasteiger charge is 2.17. The Labute approximate surface area is 93.3 Å². The molecular weight excluding hydrogens is 205 g/mol. The number of aromatic nitrogens is 2. The standard InChI is InChI=1S/C12H14FN3/c13-10-2-1-5-16-11(10)8-15-12(16)6-9-3-4-14-7-9/h1-2,5,8-9,14H,3-4,6-7H2. The Bertz CT molecular complexity index is 500. The number of halogens is 1. The maximum absolute atomic E-state index is 13.4. The van der Waals surface area contributed by atoms with Crippen LogP contribution >= 0.6 is 0 Å². The van der Waals surface area contributed by atoms with Crippen molar-refractivity contribution in [2.45, 2.75) is 12.8 Å². The predicted octanol–water partition coefficient (Wildman–Crippen LogP) is 1.63. The number of nitrogens with one attached hydrogen (secondary N) is 1. The van der Waals surface area contributed by atoms with Crippen molar-refractivity contribution in [3.05, 3.63) is 36.2 Å². The maximum atomic E-state index is 13.4. The Morgan fingerprint density at radius 3 is 3.31 bits per heavy atom. The van der Waals surface area contributed by atoms with Gasteiger partial charge in [0.1, 0.15) is 17.2 Å². The lowest BCUT2D eigenvalue weighted by atomic mass is 10.1. The minimum absolute atomic E-state index is 0.203. The molecule has 1 fully saturated rings. The summed E-state index contributed by atoms with van der Waals surface area (Å²) >= 11 is 0. The van der Waals surface area contributed by atoms with Crippen LogP contribution in [-0.4, -0.2) is 22.5 Å². The highest BCUT2D eigenvalue weighted by atomic mass is 19.1. The van der Waals surface area contributed by atoms with E-state index in [9.17, 15) is 4.39 Å². The second-order valence-corrected chi connectivity index (χ2v) is 4.35. The number of pyridine rings is 1. The summed E-state index contributed by atoms with van der Waals surface area (Å²) in [5.41, 5.74) is 0.573. The van der Waals surface area contributed by atoms with Gasteiger partial charge in [0, 0.05) is 12.6 Å². The second-order valence-electron chi connectivity index (χ2n) is 4.35. The van der Waals surface area contributed by atoms with Gasteiger partial charge in [-0.2, -0.15) is 0 Å². The largest absolute Gasteiger partial charge is 0.316 e. The van der Waals surface area contributed by atoms with Crippen molar-refractivity contribution >= 4 is 5.52 Å². The van der Waals surface area contributed by atoms with Gasteiger partial charge >= 0.3 is 0 Å². The highest BCUT2D eigenvalue weighted by molar-refractivity contribution is 5.47. The van der Waals surface area contributed by atoms with Gasteiger partial charge in [-0.15, -0.1) is 0 Å². The van der Waals surface area contributed by atoms with E-state index in [4.69, 9.17) is 0 Å². The third-order valence-electron chi connectivity index (χ3n) is 3.23. The smallest absolute Gasteiger partial charge is 0.148 e. The van der Waals surface area contributed by atoms with E-state index in [1.807, 2.05) is 10.6 Å². The van der Waals surface area contributed by atoms with Crippen molar-refractivity contribution in [1.29, 1.82) is 0 Å². The fraction of sp³-hybridized carbons (Fsp3) is 0.417. The SMILES string of the molecule is Fc1cccn2c(CC3CCNC3)ncc12. The van der Waals surface area contributed by atoms with Crippen LogP contribution in [0.1, 0.15) is 12.2 Å². The summed E-state index contributed by atoms with van der Waals surface area (Å²) in [6.45, 7) is 2.13. The summed E-state index contributed by atoms with van der Waals surface area (Å²) in [7, 11) is 0. The number of rotatable bonds is 2. The zero-order chi connectivity index (χ0) is 11.0. The van der Waals surface area contributed by atoms with Crippen LogP contribution in [0.5, 0.6) is 0 Å². The Balaban J connectivity index is 1.94. The van der Waals surface area contributed by atoms with Crippen molar-refractivity contribution in [1.82, 2.24) is 14.7 Å². The molecular formula is C12H14FN3. The predicted molar refractivity (Wildman–Crippen MR) is 59.8 cm³/mol. The molecule has 0 radical (unpaired) electrons. The fourth-order valence-electron chi connectivity index (χ4n) is 2.34. The molecule has 0 aromatic carbocycles. The first kappa shape index (κ1) is 9.78. The summed E-state index contributed by atoms with van der Waals surface area (Å²) in [6, 6.07) is 3.19. The van der Waals surface area contributed by atoms with Crippen LogP contribution in [0.4, 0.5) is 4.39 Å². The molecule has 0 bridgehead atoms. The molecule has 0 amide bonds. The molecule has 2 aromatic heterocycles. The quantitative estimate of drug-likeness (QED) is 0.831. The molecule has 1 atom stereocenters. The molecule has 3 nitrogen and oxygen atoms in total. The minimum Gasteiger partial charge on any atom is -0.316 e. The Hall–Kier alpha value is -1.42. The van der Waals surface area contributed by atoms with Crippen LogP contribution in [0.25, 0.3) is 5.52 Å². The van der Waals surface area contributed by atoms with Gasteiger partial charge in [0.2, 0.25) is 0 Å². The van der Waals surface area contributed by atoms with E-state index in [0.717, 1.165) is 25.3 Å². The van der Waals surface area contributed by atoms with E-state index in [1.165, 1.54) is 12.5 Å². The molecule has 1 unspecified atom stereocenters. The summed E-state index contributed by atoms with van der Waals surface area (Å²) in [4.78, 5) is 4.31. The van der Waals surface area contributed by atoms with E-state index in [2.05, 4.69) is 10.3 Å². The fourth-order valence-corrected chi connectivity index (χ4v) is 2.34. The average Bonchev–Trinajstić information content (AvgIpc) is 2.90. The Morgan fingerprint density at radius 2 is 2.50 bits per heavy atom. The van der Waals surface area contributed by atoms with E-state index >= 15 is 0 Å². The van der Waals surface area contributed by atoms with Crippen LogP contribution in [-0.2, 0) is 6.42 Å². The molecule has 3 heterocycles. The number of hydrogen-bond donors (Lipinski definition) is 1. The lowest BCUT2D eigenvalue weighted by Gasteiger charge is -2.07. The van der Waals surface area contributed by atoms with Crippen LogP contribution in [0.3, 0.4) is 0 Å². The summed E-state index contributed by atoms with van der Waals surface area (Å²) in [5, 5.41) is 3.33. The first-order valence-corrected chi connectivity index (χ1v) is 5.66. The van der Waals surface area contributed by atoms with Gasteiger partial charge in [-0.05, 0) is 37.6 Å². The van der Waals surface area contributed by atoms with Crippen molar-refractivity contribution in [2.24, 2.45) is 5.92 Å². The van der Waals surface area contributed by atoms with Gasteiger partial charge in [0.05, 0.1) is 6.20 Å². The van der Waals surface area contributed by atoms with E-state index in [1.54, 1.807) is 12.3 Å². The molecule has 1 N–H and O–H groups in total. The topological polar surface area (TPSA) is 29.3 Å².